The molecule has 142 valence electrons. The number of carbonyl (C=O) groups is 1. The maximum absolute atomic E-state index is 12.6. The summed E-state index contributed by atoms with van der Waals surface area (Å²) < 4.78 is 21.6. The van der Waals surface area contributed by atoms with Crippen molar-refractivity contribution in [3.8, 4) is 17.2 Å². The fourth-order valence-electron chi connectivity index (χ4n) is 3.24. The van der Waals surface area contributed by atoms with Gasteiger partial charge in [0.1, 0.15) is 12.0 Å². The first-order chi connectivity index (χ1) is 13.7. The third-order valence-corrected chi connectivity index (χ3v) is 4.92. The molecule has 0 saturated heterocycles. The second-order valence-electron chi connectivity index (χ2n) is 6.83. The molecule has 0 bridgehead atoms. The maximum Gasteiger partial charge on any atom is 0.273 e. The monoisotopic (exact) mass is 378 g/mol. The Morgan fingerprint density at radius 3 is 2.75 bits per heavy atom. The van der Waals surface area contributed by atoms with Crippen molar-refractivity contribution < 1.29 is 23.4 Å². The van der Waals surface area contributed by atoms with Crippen molar-refractivity contribution in [2.75, 3.05) is 6.79 Å². The molecule has 2 aliphatic rings. The first-order valence-electron chi connectivity index (χ1n) is 9.07. The molecular weight excluding hydrogens is 360 g/mol. The molecule has 0 atom stereocenters. The number of fused-ring (bicyclic) bond motifs is 1. The topological polar surface area (TPSA) is 82.8 Å². The average Bonchev–Trinajstić information content (AvgIpc) is 3.15. The predicted molar refractivity (Wildman–Crippen MR) is 98.2 cm³/mol. The molecule has 7 heteroatoms. The SMILES string of the molecule is O=C(NC1(c2ccccc2)CC1)c1coc(COc2ccc3c(c2)OCO3)n1. The van der Waals surface area contributed by atoms with E-state index in [2.05, 4.69) is 10.3 Å². The minimum absolute atomic E-state index is 0.108. The number of benzene rings is 2. The molecule has 1 amide bonds. The van der Waals surface area contributed by atoms with E-state index in [0.29, 0.717) is 23.1 Å². The minimum atomic E-state index is -0.291. The Balaban J connectivity index is 1.22. The van der Waals surface area contributed by atoms with Gasteiger partial charge >= 0.3 is 0 Å². The van der Waals surface area contributed by atoms with Crippen LogP contribution < -0.4 is 19.5 Å². The van der Waals surface area contributed by atoms with Gasteiger partial charge in [-0.2, -0.15) is 0 Å². The Morgan fingerprint density at radius 2 is 1.93 bits per heavy atom. The van der Waals surface area contributed by atoms with Gasteiger partial charge in [0.05, 0.1) is 5.54 Å². The van der Waals surface area contributed by atoms with Crippen molar-refractivity contribution in [3.63, 3.8) is 0 Å². The highest BCUT2D eigenvalue weighted by atomic mass is 16.7. The van der Waals surface area contributed by atoms with E-state index in [1.807, 2.05) is 30.3 Å². The van der Waals surface area contributed by atoms with Gasteiger partial charge < -0.3 is 23.9 Å². The van der Waals surface area contributed by atoms with Crippen LogP contribution >= 0.6 is 0 Å². The molecule has 2 aromatic carbocycles. The second-order valence-corrected chi connectivity index (χ2v) is 6.83. The van der Waals surface area contributed by atoms with Crippen molar-refractivity contribution in [3.05, 3.63) is 71.9 Å². The number of nitrogens with one attached hydrogen (secondary N) is 1. The van der Waals surface area contributed by atoms with Crippen molar-refractivity contribution in [2.24, 2.45) is 0 Å². The molecule has 1 N–H and O–H groups in total. The van der Waals surface area contributed by atoms with Crippen LogP contribution in [0.15, 0.2) is 59.2 Å². The quantitative estimate of drug-likeness (QED) is 0.708. The van der Waals surface area contributed by atoms with Crippen molar-refractivity contribution >= 4 is 5.91 Å². The summed E-state index contributed by atoms with van der Waals surface area (Å²) in [7, 11) is 0. The van der Waals surface area contributed by atoms with Crippen LogP contribution in [0.1, 0.15) is 34.8 Å². The zero-order chi connectivity index (χ0) is 19.0. The molecular formula is C21H18N2O5. The van der Waals surface area contributed by atoms with Gasteiger partial charge in [-0.15, -0.1) is 0 Å². The van der Waals surface area contributed by atoms with E-state index in [4.69, 9.17) is 18.6 Å². The Labute approximate surface area is 161 Å². The molecule has 0 unspecified atom stereocenters. The average molecular weight is 378 g/mol. The summed E-state index contributed by atoms with van der Waals surface area (Å²) in [6.45, 7) is 0.318. The van der Waals surface area contributed by atoms with Gasteiger partial charge in [-0.3, -0.25) is 4.79 Å². The lowest BCUT2D eigenvalue weighted by molar-refractivity contribution is 0.0925. The lowest BCUT2D eigenvalue weighted by atomic mass is 10.1. The largest absolute Gasteiger partial charge is 0.484 e. The van der Waals surface area contributed by atoms with Gasteiger partial charge in [0, 0.05) is 6.07 Å². The lowest BCUT2D eigenvalue weighted by Crippen LogP contribution is -2.35. The summed E-state index contributed by atoms with van der Waals surface area (Å²) in [5, 5.41) is 3.08. The summed E-state index contributed by atoms with van der Waals surface area (Å²) in [6, 6.07) is 15.3. The Bertz CT molecular complexity index is 1010. The van der Waals surface area contributed by atoms with E-state index in [-0.39, 0.29) is 30.5 Å². The fourth-order valence-corrected chi connectivity index (χ4v) is 3.24. The van der Waals surface area contributed by atoms with Crippen molar-refractivity contribution in [1.29, 1.82) is 0 Å². The normalized spacial score (nSPS) is 15.9. The third kappa shape index (κ3) is 3.15. The number of rotatable bonds is 6. The van der Waals surface area contributed by atoms with Crippen LogP contribution in [0.3, 0.4) is 0 Å². The smallest absolute Gasteiger partial charge is 0.273 e. The molecule has 28 heavy (non-hydrogen) atoms. The molecule has 1 saturated carbocycles. The number of oxazole rings is 1. The van der Waals surface area contributed by atoms with E-state index >= 15 is 0 Å². The Hall–Kier alpha value is -3.48. The van der Waals surface area contributed by atoms with Crippen molar-refractivity contribution in [2.45, 2.75) is 25.0 Å². The molecule has 3 aromatic rings. The summed E-state index contributed by atoms with van der Waals surface area (Å²) >= 11 is 0. The molecule has 5 rings (SSSR count). The molecule has 2 heterocycles. The van der Waals surface area contributed by atoms with Crippen LogP contribution in [0.4, 0.5) is 0 Å². The highest BCUT2D eigenvalue weighted by Gasteiger charge is 2.45. The molecule has 1 aliphatic heterocycles. The first-order valence-corrected chi connectivity index (χ1v) is 9.07. The summed E-state index contributed by atoms with van der Waals surface area (Å²) in [6.07, 6.45) is 3.19. The number of amides is 1. The van der Waals surface area contributed by atoms with Crippen LogP contribution in [-0.4, -0.2) is 17.7 Å². The van der Waals surface area contributed by atoms with Gasteiger partial charge in [0.15, 0.2) is 23.8 Å². The first kappa shape index (κ1) is 16.7. The third-order valence-electron chi connectivity index (χ3n) is 4.92. The molecule has 1 aromatic heterocycles. The predicted octanol–water partition coefficient (Wildman–Crippen LogP) is 3.40. The Kier molecular flexibility index (Phi) is 3.93. The van der Waals surface area contributed by atoms with Gasteiger partial charge in [0.25, 0.3) is 5.91 Å². The summed E-state index contributed by atoms with van der Waals surface area (Å²) in [5.74, 6) is 2.01. The van der Waals surface area contributed by atoms with Crippen LogP contribution in [0.5, 0.6) is 17.2 Å². The van der Waals surface area contributed by atoms with Crippen molar-refractivity contribution in [1.82, 2.24) is 10.3 Å². The van der Waals surface area contributed by atoms with E-state index in [1.54, 1.807) is 18.2 Å². The summed E-state index contributed by atoms with van der Waals surface area (Å²) in [5.41, 5.74) is 1.06. The zero-order valence-electron chi connectivity index (χ0n) is 15.0. The molecule has 0 radical (unpaired) electrons. The maximum atomic E-state index is 12.6. The standard InChI is InChI=1S/C21H18N2O5/c24-20(23-21(8-9-21)14-4-2-1-3-5-14)16-11-26-19(22-16)12-25-15-6-7-17-18(10-15)28-13-27-17/h1-7,10-11H,8-9,12-13H2,(H,23,24). The van der Waals surface area contributed by atoms with E-state index in [0.717, 1.165) is 18.4 Å². The molecule has 0 spiro atoms. The molecule has 1 fully saturated rings. The molecule has 7 nitrogen and oxygen atoms in total. The van der Waals surface area contributed by atoms with Gasteiger partial charge in [-0.1, -0.05) is 30.3 Å². The zero-order valence-corrected chi connectivity index (χ0v) is 15.0. The van der Waals surface area contributed by atoms with Crippen LogP contribution in [0.25, 0.3) is 0 Å². The number of nitrogens with zero attached hydrogens (tertiary/aromatic N) is 1. The number of hydrogen-bond acceptors (Lipinski definition) is 6. The fraction of sp³-hybridized carbons (Fsp3) is 0.238. The van der Waals surface area contributed by atoms with Gasteiger partial charge in [-0.05, 0) is 30.5 Å². The number of hydrogen-bond donors (Lipinski definition) is 1. The number of ether oxygens (including phenoxy) is 3. The van der Waals surface area contributed by atoms with E-state index in [9.17, 15) is 4.79 Å². The van der Waals surface area contributed by atoms with Gasteiger partial charge in [0.2, 0.25) is 12.7 Å². The van der Waals surface area contributed by atoms with E-state index in [1.165, 1.54) is 6.26 Å². The van der Waals surface area contributed by atoms with Crippen LogP contribution in [0, 0.1) is 0 Å². The summed E-state index contributed by atoms with van der Waals surface area (Å²) in [4.78, 5) is 16.8. The van der Waals surface area contributed by atoms with Crippen LogP contribution in [-0.2, 0) is 12.1 Å². The second kappa shape index (κ2) is 6.60. The Morgan fingerprint density at radius 1 is 1.11 bits per heavy atom. The van der Waals surface area contributed by atoms with Gasteiger partial charge in [-0.25, -0.2) is 4.98 Å². The lowest BCUT2D eigenvalue weighted by Gasteiger charge is -2.16. The highest BCUT2D eigenvalue weighted by Crippen LogP contribution is 2.45. The highest BCUT2D eigenvalue weighted by molar-refractivity contribution is 5.92. The van der Waals surface area contributed by atoms with E-state index < -0.39 is 0 Å². The minimum Gasteiger partial charge on any atom is -0.484 e. The number of carbonyl (C=O) groups excluding carboxylic acids is 1. The van der Waals surface area contributed by atoms with Crippen LogP contribution in [0.2, 0.25) is 0 Å². The number of aromatic nitrogens is 1. The molecule has 1 aliphatic carbocycles.